The highest BCUT2D eigenvalue weighted by atomic mass is 16.3. The topological polar surface area (TPSA) is 182 Å². The van der Waals surface area contributed by atoms with Crippen molar-refractivity contribution in [2.75, 3.05) is 19.0 Å². The largest absolute Gasteiger partial charge is 0.508 e. The highest BCUT2D eigenvalue weighted by molar-refractivity contribution is 6.22. The summed E-state index contributed by atoms with van der Waals surface area (Å²) in [5.41, 5.74) is 2.85. The zero-order valence-electron chi connectivity index (χ0n) is 21.6. The number of nitrogens with two attached hydrogens (primary N) is 1. The van der Waals surface area contributed by atoms with Gasteiger partial charge in [-0.2, -0.15) is 0 Å². The Morgan fingerprint density at radius 3 is 2.37 bits per heavy atom. The van der Waals surface area contributed by atoms with Gasteiger partial charge in [-0.3, -0.25) is 14.4 Å². The third-order valence-corrected chi connectivity index (χ3v) is 8.99. The van der Waals surface area contributed by atoms with Crippen molar-refractivity contribution in [1.82, 2.24) is 0 Å². The molecule has 204 valence electrons. The van der Waals surface area contributed by atoms with E-state index in [-0.39, 0.29) is 36.1 Å². The third-order valence-electron chi connectivity index (χ3n) is 8.99. The lowest BCUT2D eigenvalue weighted by Gasteiger charge is -2.46. The van der Waals surface area contributed by atoms with Crippen LogP contribution >= 0.6 is 0 Å². The molecule has 38 heavy (non-hydrogen) atoms. The van der Waals surface area contributed by atoms with Gasteiger partial charge in [0.2, 0.25) is 5.78 Å². The summed E-state index contributed by atoms with van der Waals surface area (Å²) in [7, 11) is 3.66. The number of ketones is 2. The first-order valence-corrected chi connectivity index (χ1v) is 13.0. The number of phenolic OH excluding ortho intramolecular Hbond substituents is 1. The van der Waals surface area contributed by atoms with Crippen molar-refractivity contribution in [3.8, 4) is 5.75 Å². The van der Waals surface area contributed by atoms with E-state index in [4.69, 9.17) is 5.73 Å². The van der Waals surface area contributed by atoms with Crippen LogP contribution in [0.2, 0.25) is 0 Å². The van der Waals surface area contributed by atoms with Crippen molar-refractivity contribution in [3.05, 3.63) is 39.7 Å². The average molecular weight is 527 g/mol. The van der Waals surface area contributed by atoms with Crippen LogP contribution in [0, 0.1) is 11.8 Å². The van der Waals surface area contributed by atoms with Crippen molar-refractivity contribution >= 4 is 28.9 Å². The predicted octanol–water partition coefficient (Wildman–Crippen LogP) is 1.73. The zero-order chi connectivity index (χ0) is 27.7. The Balaban J connectivity index is 1.63. The lowest BCUT2D eigenvalue weighted by Crippen LogP contribution is -2.58. The summed E-state index contributed by atoms with van der Waals surface area (Å²) in [6.45, 7) is 0. The second kappa shape index (κ2) is 8.84. The number of phenols is 1. The molecular weight excluding hydrogens is 492 g/mol. The molecule has 4 aliphatic rings. The van der Waals surface area contributed by atoms with E-state index in [1.807, 2.05) is 25.1 Å². The van der Waals surface area contributed by atoms with E-state index in [0.29, 0.717) is 36.8 Å². The highest BCUT2D eigenvalue weighted by Crippen LogP contribution is 2.53. The Kier molecular flexibility index (Phi) is 6.11. The normalized spacial score (nSPS) is 28.2. The molecule has 0 aliphatic heterocycles. The number of primary amides is 1. The standard InChI is InChI=1S/C28H34N2O8/c1-30(2)17-11-13(5-8-27(37)6-3-4-7-27)22(32)20-16(17)10-14-9-15-12-18(31)21(26(29)36)25(35)28(15,38)24(34)19(14)23(20)33/h11,14-15,32-33,35,37-38H,3-10,12H2,1-2H3,(H2,29,36)/t14-,15+,28+/m1/s1. The van der Waals surface area contributed by atoms with Gasteiger partial charge in [0.05, 0.1) is 11.2 Å². The second-order valence-electron chi connectivity index (χ2n) is 11.5. The first-order valence-electron chi connectivity index (χ1n) is 13.0. The Bertz CT molecular complexity index is 1320. The number of aliphatic hydroxyl groups is 4. The van der Waals surface area contributed by atoms with Gasteiger partial charge in [-0.25, -0.2) is 0 Å². The maximum Gasteiger partial charge on any atom is 0.255 e. The van der Waals surface area contributed by atoms with Gasteiger partial charge in [0.1, 0.15) is 22.8 Å². The molecule has 5 rings (SSSR count). The minimum Gasteiger partial charge on any atom is -0.508 e. The minimum absolute atomic E-state index is 0.0803. The molecule has 0 saturated heterocycles. The Morgan fingerprint density at radius 1 is 1.11 bits per heavy atom. The monoisotopic (exact) mass is 526 g/mol. The molecule has 0 radical (unpaired) electrons. The van der Waals surface area contributed by atoms with E-state index in [9.17, 15) is 39.9 Å². The first kappa shape index (κ1) is 26.2. The highest BCUT2D eigenvalue weighted by Gasteiger charge is 2.60. The summed E-state index contributed by atoms with van der Waals surface area (Å²) in [6, 6.07) is 1.84. The lowest BCUT2D eigenvalue weighted by molar-refractivity contribution is -0.147. The molecule has 7 N–H and O–H groups in total. The van der Waals surface area contributed by atoms with E-state index in [2.05, 4.69) is 0 Å². The van der Waals surface area contributed by atoms with E-state index in [1.165, 1.54) is 0 Å². The summed E-state index contributed by atoms with van der Waals surface area (Å²) in [5.74, 6) is -6.38. The number of aryl methyl sites for hydroxylation is 1. The molecular formula is C28H34N2O8. The number of fused-ring (bicyclic) bond motifs is 3. The van der Waals surface area contributed by atoms with Crippen LogP contribution in [0.15, 0.2) is 23.0 Å². The summed E-state index contributed by atoms with van der Waals surface area (Å²) in [6.07, 6.45) is 4.06. The van der Waals surface area contributed by atoms with Gasteiger partial charge in [-0.15, -0.1) is 0 Å². The van der Waals surface area contributed by atoms with Crippen LogP contribution in [0.1, 0.15) is 61.6 Å². The SMILES string of the molecule is CN(C)c1cc(CCC2(O)CCCC2)c(O)c2c1C[C@H]1C[C@H]3CC(=O)C(C(N)=O)=C(O)[C@@]3(O)C(=O)C1=C2O. The van der Waals surface area contributed by atoms with Crippen molar-refractivity contribution in [2.45, 2.75) is 69.0 Å². The smallest absolute Gasteiger partial charge is 0.255 e. The quantitative estimate of drug-likeness (QED) is 0.311. The minimum atomic E-state index is -2.58. The average Bonchev–Trinajstić information content (AvgIpc) is 3.27. The number of amides is 1. The predicted molar refractivity (Wildman–Crippen MR) is 137 cm³/mol. The van der Waals surface area contributed by atoms with Gasteiger partial charge in [0.25, 0.3) is 5.91 Å². The van der Waals surface area contributed by atoms with Crippen molar-refractivity contribution < 1.29 is 39.9 Å². The maximum atomic E-state index is 13.7. The summed E-state index contributed by atoms with van der Waals surface area (Å²) < 4.78 is 0. The fraction of sp³-hybridized carbons (Fsp3) is 0.536. The number of hydrogen-bond acceptors (Lipinski definition) is 9. The fourth-order valence-corrected chi connectivity index (χ4v) is 6.96. The number of anilines is 1. The van der Waals surface area contributed by atoms with Crippen LogP contribution in [-0.4, -0.2) is 68.3 Å². The number of aliphatic hydroxyl groups excluding tert-OH is 2. The summed E-state index contributed by atoms with van der Waals surface area (Å²) in [5, 5.41) is 55.7. The second-order valence-corrected chi connectivity index (χ2v) is 11.5. The number of benzene rings is 1. The molecule has 2 fully saturated rings. The van der Waals surface area contributed by atoms with E-state index in [1.54, 1.807) is 0 Å². The molecule has 1 aromatic rings. The molecule has 0 heterocycles. The van der Waals surface area contributed by atoms with Crippen molar-refractivity contribution in [1.29, 1.82) is 0 Å². The van der Waals surface area contributed by atoms with Gasteiger partial charge in [0, 0.05) is 37.7 Å². The van der Waals surface area contributed by atoms with Gasteiger partial charge in [-0.05, 0) is 61.6 Å². The van der Waals surface area contributed by atoms with Crippen molar-refractivity contribution in [3.63, 3.8) is 0 Å². The van der Waals surface area contributed by atoms with E-state index < -0.39 is 57.6 Å². The molecule has 4 aliphatic carbocycles. The summed E-state index contributed by atoms with van der Waals surface area (Å²) >= 11 is 0. The van der Waals surface area contributed by atoms with Crippen LogP contribution in [-0.2, 0) is 27.2 Å². The number of carbonyl (C=O) groups excluding carboxylic acids is 3. The number of carbonyl (C=O) groups is 3. The van der Waals surface area contributed by atoms with Crippen LogP contribution in [0.4, 0.5) is 5.69 Å². The van der Waals surface area contributed by atoms with Crippen LogP contribution < -0.4 is 10.6 Å². The molecule has 3 atom stereocenters. The fourth-order valence-electron chi connectivity index (χ4n) is 6.96. The van der Waals surface area contributed by atoms with Crippen LogP contribution in [0.3, 0.4) is 0 Å². The Hall–Kier alpha value is -3.37. The molecule has 0 bridgehead atoms. The molecule has 2 saturated carbocycles. The molecule has 0 unspecified atom stereocenters. The molecule has 1 aromatic carbocycles. The first-order chi connectivity index (χ1) is 17.8. The van der Waals surface area contributed by atoms with Gasteiger partial charge in [0.15, 0.2) is 11.4 Å². The number of Topliss-reactive ketones (excluding diaryl/α,β-unsaturated/α-hetero) is 2. The number of hydrogen-bond donors (Lipinski definition) is 6. The summed E-state index contributed by atoms with van der Waals surface area (Å²) in [4.78, 5) is 39.9. The number of nitrogens with zero attached hydrogens (tertiary/aromatic N) is 1. The zero-order valence-corrected chi connectivity index (χ0v) is 21.6. The Morgan fingerprint density at radius 2 is 1.76 bits per heavy atom. The maximum absolute atomic E-state index is 13.7. The molecule has 0 spiro atoms. The molecule has 10 heteroatoms. The van der Waals surface area contributed by atoms with Gasteiger partial charge in [-0.1, -0.05) is 12.8 Å². The third kappa shape index (κ3) is 3.72. The lowest BCUT2D eigenvalue weighted by atomic mass is 9.59. The Labute approximate surface area is 220 Å². The van der Waals surface area contributed by atoms with Crippen LogP contribution in [0.5, 0.6) is 5.75 Å². The molecule has 10 nitrogen and oxygen atoms in total. The number of aromatic hydroxyl groups is 1. The van der Waals surface area contributed by atoms with Gasteiger partial charge < -0.3 is 36.2 Å². The molecule has 1 amide bonds. The van der Waals surface area contributed by atoms with Crippen molar-refractivity contribution in [2.24, 2.45) is 17.6 Å². The van der Waals surface area contributed by atoms with E-state index >= 15 is 0 Å². The van der Waals surface area contributed by atoms with Crippen LogP contribution in [0.25, 0.3) is 5.76 Å². The van der Waals surface area contributed by atoms with Gasteiger partial charge >= 0.3 is 0 Å². The van der Waals surface area contributed by atoms with E-state index in [0.717, 1.165) is 18.5 Å². The number of rotatable bonds is 5. The molecule has 0 aromatic heterocycles.